The Kier molecular flexibility index (Phi) is 5.56. The predicted octanol–water partition coefficient (Wildman–Crippen LogP) is 3.25. The molecular weight excluding hydrogens is 262 g/mol. The molecule has 4 nitrogen and oxygen atoms in total. The molecular formula is C14H24ClN3O. The van der Waals surface area contributed by atoms with Crippen molar-refractivity contribution in [3.8, 4) is 0 Å². The van der Waals surface area contributed by atoms with E-state index in [0.717, 1.165) is 6.42 Å². The molecule has 1 aromatic heterocycles. The number of nitrogens with one attached hydrogen (secondary N) is 1. The molecule has 19 heavy (non-hydrogen) atoms. The number of halogens is 1. The molecule has 108 valence electrons. The summed E-state index contributed by atoms with van der Waals surface area (Å²) in [7, 11) is 0. The molecule has 0 fully saturated rings. The van der Waals surface area contributed by atoms with E-state index in [0.29, 0.717) is 22.7 Å². The average molecular weight is 286 g/mol. The fraction of sp³-hybridized carbons (Fsp3) is 0.714. The van der Waals surface area contributed by atoms with Crippen molar-refractivity contribution >= 4 is 17.4 Å². The van der Waals surface area contributed by atoms with E-state index in [-0.39, 0.29) is 18.1 Å². The maximum Gasteiger partial charge on any atom is 0.137 e. The van der Waals surface area contributed by atoms with Gasteiger partial charge in [-0.1, -0.05) is 46.2 Å². The summed E-state index contributed by atoms with van der Waals surface area (Å²) in [6.07, 6.45) is 0.878. The Labute approximate surface area is 120 Å². The third kappa shape index (κ3) is 5.33. The summed E-state index contributed by atoms with van der Waals surface area (Å²) in [6.45, 7) is 10.4. The van der Waals surface area contributed by atoms with Crippen LogP contribution in [-0.4, -0.2) is 27.7 Å². The van der Waals surface area contributed by atoms with Gasteiger partial charge in [0.1, 0.15) is 16.8 Å². The van der Waals surface area contributed by atoms with E-state index in [1.807, 2.05) is 20.8 Å². The Balaban J connectivity index is 2.91. The third-order valence-electron chi connectivity index (χ3n) is 2.69. The maximum absolute atomic E-state index is 9.40. The first-order valence-electron chi connectivity index (χ1n) is 6.65. The molecule has 0 bridgehead atoms. The second-order valence-corrected chi connectivity index (χ2v) is 6.69. The van der Waals surface area contributed by atoms with E-state index in [9.17, 15) is 5.11 Å². The van der Waals surface area contributed by atoms with Gasteiger partial charge >= 0.3 is 0 Å². The highest BCUT2D eigenvalue weighted by Crippen LogP contribution is 2.23. The molecule has 0 saturated heterocycles. The highest BCUT2D eigenvalue weighted by atomic mass is 35.5. The van der Waals surface area contributed by atoms with E-state index >= 15 is 0 Å². The Morgan fingerprint density at radius 3 is 2.42 bits per heavy atom. The topological polar surface area (TPSA) is 58.0 Å². The zero-order valence-electron chi connectivity index (χ0n) is 12.4. The molecule has 0 aliphatic heterocycles. The number of anilines is 1. The third-order valence-corrected chi connectivity index (χ3v) is 2.89. The molecule has 1 heterocycles. The van der Waals surface area contributed by atoms with Crippen LogP contribution in [0.1, 0.15) is 46.9 Å². The number of hydrogen-bond donors (Lipinski definition) is 2. The molecule has 1 rings (SSSR count). The van der Waals surface area contributed by atoms with Crippen LogP contribution in [0.5, 0.6) is 0 Å². The molecule has 0 amide bonds. The molecule has 0 aliphatic carbocycles. The number of aromatic nitrogens is 2. The Bertz CT molecular complexity index is 416. The first kappa shape index (κ1) is 16.2. The van der Waals surface area contributed by atoms with Gasteiger partial charge in [-0.2, -0.15) is 0 Å². The lowest BCUT2D eigenvalue weighted by atomic mass is 9.96. The van der Waals surface area contributed by atoms with E-state index in [2.05, 4.69) is 29.1 Å². The first-order chi connectivity index (χ1) is 8.72. The van der Waals surface area contributed by atoms with Crippen molar-refractivity contribution in [2.24, 2.45) is 5.92 Å². The molecule has 2 N–H and O–H groups in total. The molecule has 0 radical (unpaired) electrons. The van der Waals surface area contributed by atoms with Crippen molar-refractivity contribution in [3.05, 3.63) is 17.0 Å². The lowest BCUT2D eigenvalue weighted by Crippen LogP contribution is -2.27. The monoisotopic (exact) mass is 285 g/mol. The van der Waals surface area contributed by atoms with Gasteiger partial charge in [0.15, 0.2) is 0 Å². The SMILES string of the molecule is CC(C)CC(CO)Nc1cc(Cl)nc(C(C)(C)C)n1. The van der Waals surface area contributed by atoms with Gasteiger partial charge < -0.3 is 10.4 Å². The van der Waals surface area contributed by atoms with E-state index in [1.165, 1.54) is 0 Å². The number of aliphatic hydroxyl groups excluding tert-OH is 1. The maximum atomic E-state index is 9.40. The zero-order valence-corrected chi connectivity index (χ0v) is 13.1. The van der Waals surface area contributed by atoms with E-state index in [1.54, 1.807) is 6.07 Å². The van der Waals surface area contributed by atoms with Gasteiger partial charge in [-0.05, 0) is 12.3 Å². The zero-order chi connectivity index (χ0) is 14.6. The van der Waals surface area contributed by atoms with Crippen molar-refractivity contribution in [2.75, 3.05) is 11.9 Å². The van der Waals surface area contributed by atoms with Gasteiger partial charge in [-0.25, -0.2) is 9.97 Å². The number of nitrogens with zero attached hydrogens (tertiary/aromatic N) is 2. The highest BCUT2D eigenvalue weighted by Gasteiger charge is 2.19. The number of aliphatic hydroxyl groups is 1. The summed E-state index contributed by atoms with van der Waals surface area (Å²) in [5.41, 5.74) is -0.159. The Morgan fingerprint density at radius 2 is 1.95 bits per heavy atom. The summed E-state index contributed by atoms with van der Waals surface area (Å²) >= 11 is 6.03. The van der Waals surface area contributed by atoms with Crippen molar-refractivity contribution in [2.45, 2.75) is 52.5 Å². The largest absolute Gasteiger partial charge is 0.394 e. The van der Waals surface area contributed by atoms with E-state index < -0.39 is 0 Å². The molecule has 1 aromatic rings. The fourth-order valence-electron chi connectivity index (χ4n) is 1.78. The van der Waals surface area contributed by atoms with Gasteiger partial charge in [-0.3, -0.25) is 0 Å². The fourth-order valence-corrected chi connectivity index (χ4v) is 1.97. The molecule has 0 aromatic carbocycles. The minimum absolute atomic E-state index is 0.0150. The number of hydrogen-bond acceptors (Lipinski definition) is 4. The van der Waals surface area contributed by atoms with Crippen LogP contribution in [0, 0.1) is 5.92 Å². The quantitative estimate of drug-likeness (QED) is 0.816. The predicted molar refractivity (Wildman–Crippen MR) is 79.7 cm³/mol. The average Bonchev–Trinajstić information content (AvgIpc) is 2.25. The summed E-state index contributed by atoms with van der Waals surface area (Å²) < 4.78 is 0. The van der Waals surface area contributed by atoms with Gasteiger partial charge in [0.25, 0.3) is 0 Å². The van der Waals surface area contributed by atoms with Crippen LogP contribution in [0.15, 0.2) is 6.07 Å². The molecule has 1 unspecified atom stereocenters. The van der Waals surface area contributed by atoms with Crippen LogP contribution in [0.4, 0.5) is 5.82 Å². The minimum Gasteiger partial charge on any atom is -0.394 e. The van der Waals surface area contributed by atoms with Gasteiger partial charge in [0, 0.05) is 11.5 Å². The van der Waals surface area contributed by atoms with Crippen LogP contribution in [0.25, 0.3) is 0 Å². The Morgan fingerprint density at radius 1 is 1.32 bits per heavy atom. The van der Waals surface area contributed by atoms with Gasteiger partial charge in [0.2, 0.25) is 0 Å². The minimum atomic E-state index is -0.159. The van der Waals surface area contributed by atoms with Crippen LogP contribution in [0.3, 0.4) is 0 Å². The lowest BCUT2D eigenvalue weighted by molar-refractivity contribution is 0.259. The molecule has 1 atom stereocenters. The normalized spacial score (nSPS) is 13.7. The molecule has 0 spiro atoms. The van der Waals surface area contributed by atoms with E-state index in [4.69, 9.17) is 11.6 Å². The summed E-state index contributed by atoms with van der Waals surface area (Å²) in [5.74, 6) is 1.87. The highest BCUT2D eigenvalue weighted by molar-refractivity contribution is 6.29. The number of rotatable bonds is 5. The van der Waals surface area contributed by atoms with Crippen LogP contribution >= 0.6 is 11.6 Å². The van der Waals surface area contributed by atoms with Crippen molar-refractivity contribution < 1.29 is 5.11 Å². The summed E-state index contributed by atoms with van der Waals surface area (Å²) in [4.78, 5) is 8.73. The van der Waals surface area contributed by atoms with Gasteiger partial charge in [-0.15, -0.1) is 0 Å². The lowest BCUT2D eigenvalue weighted by Gasteiger charge is -2.21. The van der Waals surface area contributed by atoms with Crippen LogP contribution in [0.2, 0.25) is 5.15 Å². The van der Waals surface area contributed by atoms with Crippen LogP contribution < -0.4 is 5.32 Å². The second-order valence-electron chi connectivity index (χ2n) is 6.30. The van der Waals surface area contributed by atoms with Crippen LogP contribution in [-0.2, 0) is 5.41 Å². The summed E-state index contributed by atoms with van der Waals surface area (Å²) in [6, 6.07) is 1.68. The first-order valence-corrected chi connectivity index (χ1v) is 7.02. The second kappa shape index (κ2) is 6.53. The van der Waals surface area contributed by atoms with Gasteiger partial charge in [0.05, 0.1) is 12.6 Å². The van der Waals surface area contributed by atoms with Crippen molar-refractivity contribution in [3.63, 3.8) is 0 Å². The Hall–Kier alpha value is -0.870. The van der Waals surface area contributed by atoms with Crippen molar-refractivity contribution in [1.29, 1.82) is 0 Å². The van der Waals surface area contributed by atoms with Crippen molar-refractivity contribution in [1.82, 2.24) is 9.97 Å². The molecule has 0 saturated carbocycles. The molecule has 5 heteroatoms. The summed E-state index contributed by atoms with van der Waals surface area (Å²) in [5, 5.41) is 13.0. The smallest absolute Gasteiger partial charge is 0.137 e. The standard InChI is InChI=1S/C14H24ClN3O/c1-9(2)6-10(8-19)16-12-7-11(15)17-13(18-12)14(3,4)5/h7,9-10,19H,6,8H2,1-5H3,(H,16,17,18). The molecule has 0 aliphatic rings.